The maximum absolute atomic E-state index is 13.5. The fraction of sp³-hybridized carbons (Fsp3) is 0.909. The Morgan fingerprint density at radius 2 is 0.763 bits per heavy atom. The zero-order valence-electron chi connectivity index (χ0n) is 51.5. The lowest BCUT2D eigenvalue weighted by atomic mass is 10.0. The Balaban J connectivity index is 5.12. The van der Waals surface area contributed by atoms with Crippen LogP contribution in [0, 0.1) is 0 Å². The van der Waals surface area contributed by atoms with Gasteiger partial charge in [-0.1, -0.05) is 289 Å². The number of esters is 1. The number of likely N-dealkylation sites (N-methyl/N-ethyl adjacent to an activating group) is 1. The van der Waals surface area contributed by atoms with Gasteiger partial charge in [-0.05, 0) is 57.4 Å². The number of carbonyl (C=O) groups is 2. The average Bonchev–Trinajstić information content (AvgIpc) is 3.38. The smallest absolute Gasteiger partial charge is 0.306 e. The molecule has 1 N–H and O–H groups in total. The Hall–Kier alpha value is -1.51. The van der Waals surface area contributed by atoms with Crippen LogP contribution in [0.2, 0.25) is 0 Å². The first-order valence-corrected chi connectivity index (χ1v) is 34.6. The highest BCUT2D eigenvalue weighted by Crippen LogP contribution is 2.38. The lowest BCUT2D eigenvalue weighted by Gasteiger charge is -2.30. The van der Waals surface area contributed by atoms with Gasteiger partial charge in [0.15, 0.2) is 0 Å². The van der Waals surface area contributed by atoms with Crippen molar-refractivity contribution in [2.45, 2.75) is 348 Å². The molecule has 0 saturated heterocycles. The van der Waals surface area contributed by atoms with Gasteiger partial charge in [0.25, 0.3) is 7.82 Å². The van der Waals surface area contributed by atoms with Crippen LogP contribution in [0.1, 0.15) is 335 Å². The summed E-state index contributed by atoms with van der Waals surface area (Å²) in [5.74, 6) is -0.522. The quantitative estimate of drug-likeness (QED) is 0.0212. The third-order valence-corrected chi connectivity index (χ3v) is 16.1. The van der Waals surface area contributed by atoms with Gasteiger partial charge in [0.2, 0.25) is 5.91 Å². The number of carbonyl (C=O) groups excluding carboxylic acids is 2. The molecule has 0 aliphatic carbocycles. The van der Waals surface area contributed by atoms with E-state index in [4.69, 9.17) is 13.8 Å². The van der Waals surface area contributed by atoms with Crippen LogP contribution in [0.4, 0.5) is 0 Å². The van der Waals surface area contributed by atoms with Crippen LogP contribution < -0.4 is 10.2 Å². The van der Waals surface area contributed by atoms with E-state index in [1.165, 1.54) is 244 Å². The number of hydrogen-bond acceptors (Lipinski definition) is 7. The third-order valence-electron chi connectivity index (χ3n) is 15.1. The summed E-state index contributed by atoms with van der Waals surface area (Å²) in [4.78, 5) is 40.0. The number of ether oxygens (including phenoxy) is 1. The molecular formula is C66H129N2O7P. The van der Waals surface area contributed by atoms with Gasteiger partial charge in [-0.25, -0.2) is 0 Å². The van der Waals surface area contributed by atoms with Gasteiger partial charge >= 0.3 is 5.97 Å². The van der Waals surface area contributed by atoms with E-state index in [9.17, 15) is 19.0 Å². The maximum atomic E-state index is 13.5. The van der Waals surface area contributed by atoms with Crippen molar-refractivity contribution in [3.8, 4) is 0 Å². The van der Waals surface area contributed by atoms with E-state index in [0.29, 0.717) is 17.4 Å². The molecule has 10 heteroatoms. The van der Waals surface area contributed by atoms with Crippen molar-refractivity contribution < 1.29 is 37.3 Å². The monoisotopic (exact) mass is 1090 g/mol. The number of hydrogen-bond donors (Lipinski definition) is 1. The molecule has 450 valence electrons. The van der Waals surface area contributed by atoms with E-state index < -0.39 is 20.0 Å². The van der Waals surface area contributed by atoms with Crippen LogP contribution in [0.3, 0.4) is 0 Å². The van der Waals surface area contributed by atoms with E-state index in [0.717, 1.165) is 57.8 Å². The molecule has 1 amide bonds. The van der Waals surface area contributed by atoms with Gasteiger partial charge in [-0.3, -0.25) is 14.2 Å². The van der Waals surface area contributed by atoms with Gasteiger partial charge in [0, 0.05) is 12.8 Å². The molecule has 0 aromatic carbocycles. The van der Waals surface area contributed by atoms with Crippen molar-refractivity contribution in [3.63, 3.8) is 0 Å². The molecule has 76 heavy (non-hydrogen) atoms. The van der Waals surface area contributed by atoms with Gasteiger partial charge in [-0.2, -0.15) is 0 Å². The van der Waals surface area contributed by atoms with Crippen LogP contribution in [-0.2, 0) is 27.9 Å². The van der Waals surface area contributed by atoms with Crippen molar-refractivity contribution in [1.82, 2.24) is 5.32 Å². The molecule has 0 aliphatic heterocycles. The maximum Gasteiger partial charge on any atom is 0.306 e. The first-order chi connectivity index (χ1) is 36.9. The largest absolute Gasteiger partial charge is 0.756 e. The van der Waals surface area contributed by atoms with Gasteiger partial charge in [0.1, 0.15) is 19.3 Å². The minimum atomic E-state index is -4.69. The summed E-state index contributed by atoms with van der Waals surface area (Å²) in [7, 11) is 1.20. The SMILES string of the molecule is CCCCCCCC/C=C/CCCCCCCCCCCCCCCC(=O)OC(/C=C/CCCCCCCCCCCCC)C(COP(=O)([O-])OCC[N+](C)(C)C)NC(=O)CCCCCCCCCCCCCCCC. The highest BCUT2D eigenvalue weighted by atomic mass is 31.2. The molecule has 0 radical (unpaired) electrons. The van der Waals surface area contributed by atoms with Crippen LogP contribution in [-0.4, -0.2) is 69.4 Å². The molecule has 0 aromatic rings. The molecule has 3 atom stereocenters. The Morgan fingerprint density at radius 1 is 0.447 bits per heavy atom. The van der Waals surface area contributed by atoms with Crippen molar-refractivity contribution in [2.24, 2.45) is 0 Å². The Bertz CT molecular complexity index is 1350. The lowest BCUT2D eigenvalue weighted by Crippen LogP contribution is -2.47. The zero-order valence-corrected chi connectivity index (χ0v) is 52.4. The Labute approximate surface area is 473 Å². The summed E-state index contributed by atoms with van der Waals surface area (Å²) < 4.78 is 30.4. The molecule has 0 heterocycles. The molecule has 9 nitrogen and oxygen atoms in total. The number of unbranched alkanes of at least 4 members (excludes halogenated alkanes) is 43. The fourth-order valence-corrected chi connectivity index (χ4v) is 10.7. The highest BCUT2D eigenvalue weighted by Gasteiger charge is 2.27. The number of rotatable bonds is 61. The number of quaternary nitrogens is 1. The lowest BCUT2D eigenvalue weighted by molar-refractivity contribution is -0.870. The van der Waals surface area contributed by atoms with Crippen LogP contribution in [0.15, 0.2) is 24.3 Å². The summed E-state index contributed by atoms with van der Waals surface area (Å²) in [6, 6.07) is -0.882. The second-order valence-electron chi connectivity index (χ2n) is 24.0. The predicted octanol–water partition coefficient (Wildman–Crippen LogP) is 19.9. The second kappa shape index (κ2) is 56.8. The number of amides is 1. The zero-order chi connectivity index (χ0) is 55.7. The molecule has 0 fully saturated rings. The topological polar surface area (TPSA) is 114 Å². The summed E-state index contributed by atoms with van der Waals surface area (Å²) in [5, 5.41) is 3.04. The number of nitrogens with one attached hydrogen (secondary N) is 1. The van der Waals surface area contributed by atoms with Crippen molar-refractivity contribution in [1.29, 1.82) is 0 Å². The van der Waals surface area contributed by atoms with Gasteiger partial charge in [-0.15, -0.1) is 0 Å². The Kier molecular flexibility index (Phi) is 55.6. The summed E-state index contributed by atoms with van der Waals surface area (Å²) >= 11 is 0. The molecular weight excluding hydrogens is 964 g/mol. The summed E-state index contributed by atoms with van der Waals surface area (Å²) in [5.41, 5.74) is 0. The third kappa shape index (κ3) is 57.2. The van der Waals surface area contributed by atoms with Crippen molar-refractivity contribution in [2.75, 3.05) is 40.9 Å². The number of allylic oxidation sites excluding steroid dienone is 3. The van der Waals surface area contributed by atoms with E-state index in [2.05, 4.69) is 38.2 Å². The molecule has 0 bridgehead atoms. The van der Waals surface area contributed by atoms with Crippen molar-refractivity contribution >= 4 is 19.7 Å². The first kappa shape index (κ1) is 74.5. The summed E-state index contributed by atoms with van der Waals surface area (Å²) in [6.45, 7) is 6.89. The highest BCUT2D eigenvalue weighted by molar-refractivity contribution is 7.45. The van der Waals surface area contributed by atoms with E-state index in [1.54, 1.807) is 0 Å². The molecule has 0 aromatic heterocycles. The van der Waals surface area contributed by atoms with Crippen LogP contribution in [0.5, 0.6) is 0 Å². The standard InChI is InChI=1S/C66H129N2O7P/c1-7-10-13-16-19-22-25-28-30-31-32-33-34-35-36-37-38-41-44-47-50-53-56-59-66(70)75-64(57-54-51-48-45-42-39-27-24-21-18-15-12-9-3)63(62-74-76(71,72)73-61-60-68(4,5)6)67-65(69)58-55-52-49-46-43-40-29-26-23-20-17-14-11-8-2/h28,30,54,57,63-64H,7-27,29,31-53,55-56,58-62H2,1-6H3,(H-,67,69,71,72)/b30-28+,57-54+. The van der Waals surface area contributed by atoms with E-state index >= 15 is 0 Å². The molecule has 0 aliphatic rings. The number of phosphoric ester groups is 1. The van der Waals surface area contributed by atoms with Gasteiger partial charge in [0.05, 0.1) is 33.8 Å². The Morgan fingerprint density at radius 3 is 1.12 bits per heavy atom. The minimum Gasteiger partial charge on any atom is -0.756 e. The number of nitrogens with zero attached hydrogens (tertiary/aromatic N) is 1. The number of phosphoric acid groups is 1. The minimum absolute atomic E-state index is 0.0181. The van der Waals surface area contributed by atoms with E-state index in [-0.39, 0.29) is 31.5 Å². The average molecular weight is 1090 g/mol. The normalized spacial score (nSPS) is 13.7. The molecule has 0 saturated carbocycles. The van der Waals surface area contributed by atoms with Crippen LogP contribution >= 0.6 is 7.82 Å². The van der Waals surface area contributed by atoms with E-state index in [1.807, 2.05) is 33.3 Å². The predicted molar refractivity (Wildman–Crippen MR) is 326 cm³/mol. The fourth-order valence-electron chi connectivity index (χ4n) is 9.99. The summed E-state index contributed by atoms with van der Waals surface area (Å²) in [6.07, 6.45) is 67.2. The molecule has 3 unspecified atom stereocenters. The van der Waals surface area contributed by atoms with Crippen LogP contribution in [0.25, 0.3) is 0 Å². The second-order valence-corrected chi connectivity index (χ2v) is 25.4. The molecule has 0 spiro atoms. The van der Waals surface area contributed by atoms with Gasteiger partial charge < -0.3 is 28.5 Å². The molecule has 0 rings (SSSR count). The van der Waals surface area contributed by atoms with Crippen molar-refractivity contribution in [3.05, 3.63) is 24.3 Å². The first-order valence-electron chi connectivity index (χ1n) is 33.1.